The molecule has 0 aliphatic heterocycles. The van der Waals surface area contributed by atoms with Gasteiger partial charge in [-0.3, -0.25) is 9.78 Å². The number of benzene rings is 4. The smallest absolute Gasteiger partial charge is 0.144 e. The summed E-state index contributed by atoms with van der Waals surface area (Å²) in [5.41, 5.74) is 4.41. The molecule has 0 bridgehead atoms. The molecule has 1 aliphatic carbocycles. The molecule has 5 aromatic rings. The van der Waals surface area contributed by atoms with Crippen molar-refractivity contribution < 1.29 is 4.79 Å². The first-order valence-corrected chi connectivity index (χ1v) is 13.0. The maximum absolute atomic E-state index is 13.9. The third kappa shape index (κ3) is 3.72. The maximum Gasteiger partial charge on any atom is 0.144 e. The number of fused-ring (bicyclic) bond motifs is 6. The zero-order valence-electron chi connectivity index (χ0n) is 20.4. The van der Waals surface area contributed by atoms with Gasteiger partial charge in [-0.2, -0.15) is 0 Å². The summed E-state index contributed by atoms with van der Waals surface area (Å²) in [6.07, 6.45) is 8.35. The Morgan fingerprint density at radius 1 is 0.800 bits per heavy atom. The summed E-state index contributed by atoms with van der Waals surface area (Å²) in [4.78, 5) is 18.4. The number of rotatable bonds is 6. The van der Waals surface area contributed by atoms with Crippen LogP contribution in [0.2, 0.25) is 0 Å². The first-order valence-electron chi connectivity index (χ1n) is 13.0. The highest BCUT2D eigenvalue weighted by molar-refractivity contribution is 6.10. The first-order chi connectivity index (χ1) is 17.2. The van der Waals surface area contributed by atoms with Crippen molar-refractivity contribution in [2.75, 3.05) is 0 Å². The van der Waals surface area contributed by atoms with Crippen molar-refractivity contribution in [2.45, 2.75) is 57.3 Å². The molecule has 1 aliphatic rings. The molecule has 1 heterocycles. The monoisotopic (exact) mass is 457 g/mol. The largest absolute Gasteiger partial charge is 0.299 e. The Morgan fingerprint density at radius 3 is 2.57 bits per heavy atom. The molecule has 1 unspecified atom stereocenters. The fraction of sp³-hybridized carbons (Fsp3) is 0.273. The van der Waals surface area contributed by atoms with Crippen molar-refractivity contribution in [1.82, 2.24) is 4.98 Å². The molecule has 2 nitrogen and oxygen atoms in total. The average Bonchev–Trinajstić information content (AvgIpc) is 2.90. The molecule has 1 aromatic heterocycles. The van der Waals surface area contributed by atoms with Gasteiger partial charge in [-0.1, -0.05) is 86.8 Å². The highest BCUT2D eigenvalue weighted by Gasteiger charge is 2.43. The van der Waals surface area contributed by atoms with Crippen molar-refractivity contribution in [1.29, 1.82) is 0 Å². The van der Waals surface area contributed by atoms with Crippen molar-refractivity contribution in [3.8, 4) is 0 Å². The lowest BCUT2D eigenvalue weighted by molar-refractivity contribution is -0.125. The number of aryl methyl sites for hydroxylation is 1. The van der Waals surface area contributed by atoms with E-state index in [9.17, 15) is 4.79 Å². The standard InChI is InChI=1S/C33H31NO/c1-2-3-6-19-33(22-23-11-17-31-25(21-23)9-7-20-34-31)30-16-14-27-26-10-5-4-8-24(26)12-13-28(27)29(30)15-18-32(33)35/h4-5,7-14,16-17,20-21H,2-3,6,15,18-19,22H2,1H3. The quantitative estimate of drug-likeness (QED) is 0.190. The molecule has 1 atom stereocenters. The number of nitrogens with zero attached hydrogens (tertiary/aromatic N) is 1. The van der Waals surface area contributed by atoms with Gasteiger partial charge in [0.25, 0.3) is 0 Å². The van der Waals surface area contributed by atoms with Crippen molar-refractivity contribution in [3.63, 3.8) is 0 Å². The van der Waals surface area contributed by atoms with Crippen LogP contribution in [0.4, 0.5) is 0 Å². The number of Topliss-reactive ketones (excluding diaryl/α,β-unsaturated/α-hetero) is 1. The Labute approximate surface area is 207 Å². The topological polar surface area (TPSA) is 30.0 Å². The van der Waals surface area contributed by atoms with E-state index in [0.717, 1.165) is 49.4 Å². The van der Waals surface area contributed by atoms with Gasteiger partial charge in [-0.05, 0) is 75.7 Å². The van der Waals surface area contributed by atoms with Gasteiger partial charge in [0, 0.05) is 18.0 Å². The highest BCUT2D eigenvalue weighted by Crippen LogP contribution is 2.45. The molecule has 0 spiro atoms. The molecule has 0 fully saturated rings. The maximum atomic E-state index is 13.9. The van der Waals surface area contributed by atoms with E-state index in [1.807, 2.05) is 12.3 Å². The van der Waals surface area contributed by atoms with Gasteiger partial charge in [-0.25, -0.2) is 0 Å². The van der Waals surface area contributed by atoms with E-state index in [1.165, 1.54) is 38.2 Å². The normalized spacial score (nSPS) is 17.8. The second-order valence-electron chi connectivity index (χ2n) is 10.1. The Hall–Kier alpha value is -3.52. The lowest BCUT2D eigenvalue weighted by Gasteiger charge is -2.39. The van der Waals surface area contributed by atoms with Gasteiger partial charge >= 0.3 is 0 Å². The molecule has 35 heavy (non-hydrogen) atoms. The predicted octanol–water partition coefficient (Wildman–Crippen LogP) is 8.12. The fourth-order valence-corrected chi connectivity index (χ4v) is 6.31. The number of hydrogen-bond donors (Lipinski definition) is 0. The molecule has 0 amide bonds. The van der Waals surface area contributed by atoms with Gasteiger partial charge in [-0.15, -0.1) is 0 Å². The molecule has 174 valence electrons. The van der Waals surface area contributed by atoms with E-state index in [-0.39, 0.29) is 0 Å². The van der Waals surface area contributed by atoms with Crippen molar-refractivity contribution in [2.24, 2.45) is 0 Å². The molecular formula is C33H31NO. The first kappa shape index (κ1) is 22.0. The minimum absolute atomic E-state index is 0.410. The number of carbonyl (C=O) groups excluding carboxylic acids is 1. The highest BCUT2D eigenvalue weighted by atomic mass is 16.1. The average molecular weight is 458 g/mol. The summed E-state index contributed by atoms with van der Waals surface area (Å²) in [5.74, 6) is 0.410. The molecule has 6 rings (SSSR count). The molecule has 0 saturated carbocycles. The van der Waals surface area contributed by atoms with Gasteiger partial charge in [0.2, 0.25) is 0 Å². The van der Waals surface area contributed by atoms with E-state index >= 15 is 0 Å². The molecule has 4 aromatic carbocycles. The number of pyridine rings is 1. The van der Waals surface area contributed by atoms with Crippen LogP contribution >= 0.6 is 0 Å². The summed E-state index contributed by atoms with van der Waals surface area (Å²) in [5, 5.41) is 6.32. The summed E-state index contributed by atoms with van der Waals surface area (Å²) in [6.45, 7) is 2.23. The third-order valence-corrected chi connectivity index (χ3v) is 8.07. The van der Waals surface area contributed by atoms with E-state index in [1.54, 1.807) is 0 Å². The minimum atomic E-state index is -0.460. The zero-order chi connectivity index (χ0) is 23.8. The zero-order valence-corrected chi connectivity index (χ0v) is 20.4. The summed E-state index contributed by atoms with van der Waals surface area (Å²) in [6, 6.07) is 28.3. The molecule has 2 heteroatoms. The second-order valence-corrected chi connectivity index (χ2v) is 10.1. The van der Waals surface area contributed by atoms with Crippen LogP contribution in [0.1, 0.15) is 55.7 Å². The number of ketones is 1. The van der Waals surface area contributed by atoms with E-state index in [4.69, 9.17) is 0 Å². The van der Waals surface area contributed by atoms with Gasteiger partial charge in [0.15, 0.2) is 0 Å². The number of aromatic nitrogens is 1. The SMILES string of the molecule is CCCCCC1(Cc2ccc3ncccc3c2)C(=O)CCc2c1ccc1c2ccc2ccccc21. The van der Waals surface area contributed by atoms with Gasteiger partial charge < -0.3 is 0 Å². The lowest BCUT2D eigenvalue weighted by Crippen LogP contribution is -2.42. The molecule has 0 N–H and O–H groups in total. The van der Waals surface area contributed by atoms with Gasteiger partial charge in [0.05, 0.1) is 10.9 Å². The summed E-state index contributed by atoms with van der Waals surface area (Å²) in [7, 11) is 0. The van der Waals surface area contributed by atoms with Gasteiger partial charge in [0.1, 0.15) is 5.78 Å². The van der Waals surface area contributed by atoms with E-state index in [2.05, 4.69) is 84.7 Å². The molecule has 0 radical (unpaired) electrons. The van der Waals surface area contributed by atoms with E-state index in [0.29, 0.717) is 12.2 Å². The van der Waals surface area contributed by atoms with Crippen LogP contribution in [0, 0.1) is 0 Å². The third-order valence-electron chi connectivity index (χ3n) is 8.07. The summed E-state index contributed by atoms with van der Waals surface area (Å²) >= 11 is 0. The van der Waals surface area contributed by atoms with Crippen LogP contribution in [0.15, 0.2) is 85.1 Å². The number of unbranched alkanes of at least 4 members (excludes halogenated alkanes) is 2. The predicted molar refractivity (Wildman–Crippen MR) is 146 cm³/mol. The Morgan fingerprint density at radius 2 is 1.66 bits per heavy atom. The van der Waals surface area contributed by atoms with Crippen LogP contribution in [-0.2, 0) is 23.1 Å². The Kier molecular flexibility index (Phi) is 5.60. The van der Waals surface area contributed by atoms with Crippen LogP contribution in [0.25, 0.3) is 32.4 Å². The van der Waals surface area contributed by atoms with Crippen LogP contribution in [-0.4, -0.2) is 10.8 Å². The van der Waals surface area contributed by atoms with Crippen LogP contribution in [0.5, 0.6) is 0 Å². The van der Waals surface area contributed by atoms with Crippen molar-refractivity contribution >= 4 is 38.2 Å². The lowest BCUT2D eigenvalue weighted by atomic mass is 9.63. The summed E-state index contributed by atoms with van der Waals surface area (Å²) < 4.78 is 0. The van der Waals surface area contributed by atoms with Crippen molar-refractivity contribution in [3.05, 3.63) is 102 Å². The number of carbonyl (C=O) groups is 1. The van der Waals surface area contributed by atoms with Crippen LogP contribution < -0.4 is 0 Å². The Bertz CT molecular complexity index is 1570. The number of hydrogen-bond acceptors (Lipinski definition) is 2. The van der Waals surface area contributed by atoms with E-state index < -0.39 is 5.41 Å². The second kappa shape index (κ2) is 8.92. The molecular weight excluding hydrogens is 426 g/mol. The van der Waals surface area contributed by atoms with Crippen LogP contribution in [0.3, 0.4) is 0 Å². The Balaban J connectivity index is 1.53. The molecule has 0 saturated heterocycles. The minimum Gasteiger partial charge on any atom is -0.299 e. The fourth-order valence-electron chi connectivity index (χ4n) is 6.31.